The SMILES string of the molecule is CC(C)(C)OC(=O)N[C@@H](Cc1ncccn1)C(=O)O. The van der Waals surface area contributed by atoms with Crippen molar-refractivity contribution in [1.82, 2.24) is 15.3 Å². The molecule has 0 spiro atoms. The molecule has 1 rings (SSSR count). The van der Waals surface area contributed by atoms with Crippen LogP contribution in [0.15, 0.2) is 18.5 Å². The number of aromatic nitrogens is 2. The molecule has 0 saturated heterocycles. The normalized spacial score (nSPS) is 12.6. The highest BCUT2D eigenvalue weighted by atomic mass is 16.6. The average Bonchev–Trinajstić information content (AvgIpc) is 2.26. The lowest BCUT2D eigenvalue weighted by atomic mass is 10.2. The summed E-state index contributed by atoms with van der Waals surface area (Å²) in [5.74, 6) is -0.829. The number of amides is 1. The quantitative estimate of drug-likeness (QED) is 0.843. The van der Waals surface area contributed by atoms with Crippen molar-refractivity contribution in [3.63, 3.8) is 0 Å². The van der Waals surface area contributed by atoms with Crippen LogP contribution in [0.2, 0.25) is 0 Å². The van der Waals surface area contributed by atoms with Crippen LogP contribution in [0.4, 0.5) is 4.79 Å². The topological polar surface area (TPSA) is 101 Å². The number of alkyl carbamates (subject to hydrolysis) is 1. The smallest absolute Gasteiger partial charge is 0.408 e. The van der Waals surface area contributed by atoms with Crippen LogP contribution in [0.3, 0.4) is 0 Å². The van der Waals surface area contributed by atoms with E-state index in [-0.39, 0.29) is 6.42 Å². The number of carboxylic acids is 1. The first-order valence-electron chi connectivity index (χ1n) is 5.76. The summed E-state index contributed by atoms with van der Waals surface area (Å²) in [5.41, 5.74) is -0.684. The number of nitrogens with zero attached hydrogens (tertiary/aromatic N) is 2. The monoisotopic (exact) mass is 267 g/mol. The molecule has 1 aromatic heterocycles. The Morgan fingerprint density at radius 3 is 2.42 bits per heavy atom. The molecule has 1 amide bonds. The molecule has 0 unspecified atom stereocenters. The molecule has 0 aromatic carbocycles. The summed E-state index contributed by atoms with van der Waals surface area (Å²) in [4.78, 5) is 30.4. The molecule has 1 heterocycles. The van der Waals surface area contributed by atoms with Crippen molar-refractivity contribution in [3.8, 4) is 0 Å². The number of nitrogens with one attached hydrogen (secondary N) is 1. The fraction of sp³-hybridized carbons (Fsp3) is 0.500. The molecule has 7 heteroatoms. The summed E-state index contributed by atoms with van der Waals surface area (Å²) >= 11 is 0. The number of ether oxygens (including phenoxy) is 1. The number of carbonyl (C=O) groups is 2. The molecular weight excluding hydrogens is 250 g/mol. The summed E-state index contributed by atoms with van der Waals surface area (Å²) in [5, 5.41) is 11.3. The molecule has 1 atom stereocenters. The summed E-state index contributed by atoms with van der Waals surface area (Å²) in [6.45, 7) is 5.09. The highest BCUT2D eigenvalue weighted by Gasteiger charge is 2.24. The van der Waals surface area contributed by atoms with Gasteiger partial charge in [-0.1, -0.05) is 0 Å². The molecule has 7 nitrogen and oxygen atoms in total. The Hall–Kier alpha value is -2.18. The molecule has 2 N–H and O–H groups in total. The Morgan fingerprint density at radius 2 is 1.95 bits per heavy atom. The first kappa shape index (κ1) is 14.9. The minimum absolute atomic E-state index is 0.00455. The van der Waals surface area contributed by atoms with E-state index in [0.29, 0.717) is 5.82 Å². The van der Waals surface area contributed by atoms with E-state index in [1.807, 2.05) is 0 Å². The Bertz CT molecular complexity index is 442. The van der Waals surface area contributed by atoms with Crippen LogP contribution in [-0.4, -0.2) is 38.8 Å². The van der Waals surface area contributed by atoms with Crippen LogP contribution in [0.25, 0.3) is 0 Å². The van der Waals surface area contributed by atoms with Gasteiger partial charge in [-0.2, -0.15) is 0 Å². The van der Waals surface area contributed by atoms with E-state index in [2.05, 4.69) is 15.3 Å². The van der Waals surface area contributed by atoms with Gasteiger partial charge >= 0.3 is 12.1 Å². The summed E-state index contributed by atoms with van der Waals surface area (Å²) in [6, 6.07) is 0.498. The molecule has 0 radical (unpaired) electrons. The zero-order chi connectivity index (χ0) is 14.5. The van der Waals surface area contributed by atoms with E-state index in [9.17, 15) is 9.59 Å². The molecule has 0 aliphatic carbocycles. The highest BCUT2D eigenvalue weighted by Crippen LogP contribution is 2.07. The van der Waals surface area contributed by atoms with Gasteiger partial charge in [0.1, 0.15) is 17.5 Å². The number of hydrogen-bond donors (Lipinski definition) is 2. The molecule has 104 valence electrons. The number of rotatable bonds is 4. The predicted molar refractivity (Wildman–Crippen MR) is 66.5 cm³/mol. The van der Waals surface area contributed by atoms with Crippen molar-refractivity contribution in [2.24, 2.45) is 0 Å². The minimum atomic E-state index is -1.17. The van der Waals surface area contributed by atoms with E-state index in [4.69, 9.17) is 9.84 Å². The Morgan fingerprint density at radius 1 is 1.37 bits per heavy atom. The van der Waals surface area contributed by atoms with Gasteiger partial charge in [-0.25, -0.2) is 19.6 Å². The van der Waals surface area contributed by atoms with Crippen LogP contribution in [0.1, 0.15) is 26.6 Å². The average molecular weight is 267 g/mol. The van der Waals surface area contributed by atoms with Crippen molar-refractivity contribution in [1.29, 1.82) is 0 Å². The lowest BCUT2D eigenvalue weighted by molar-refractivity contribution is -0.139. The van der Waals surface area contributed by atoms with Crippen LogP contribution in [0.5, 0.6) is 0 Å². The van der Waals surface area contributed by atoms with E-state index in [1.54, 1.807) is 26.8 Å². The number of aliphatic carboxylic acids is 1. The van der Waals surface area contributed by atoms with Crippen LogP contribution in [-0.2, 0) is 16.0 Å². The van der Waals surface area contributed by atoms with Gasteiger partial charge in [0.25, 0.3) is 0 Å². The maximum absolute atomic E-state index is 11.5. The third-order valence-corrected chi connectivity index (χ3v) is 2.00. The Balaban J connectivity index is 2.64. The molecule has 19 heavy (non-hydrogen) atoms. The van der Waals surface area contributed by atoms with Gasteiger partial charge in [0.05, 0.1) is 0 Å². The van der Waals surface area contributed by atoms with E-state index >= 15 is 0 Å². The first-order chi connectivity index (χ1) is 8.78. The third-order valence-electron chi connectivity index (χ3n) is 2.00. The van der Waals surface area contributed by atoms with E-state index in [0.717, 1.165) is 0 Å². The minimum Gasteiger partial charge on any atom is -0.480 e. The first-order valence-corrected chi connectivity index (χ1v) is 5.76. The van der Waals surface area contributed by atoms with Gasteiger partial charge in [-0.05, 0) is 26.8 Å². The maximum Gasteiger partial charge on any atom is 0.408 e. The maximum atomic E-state index is 11.5. The second kappa shape index (κ2) is 6.12. The zero-order valence-electron chi connectivity index (χ0n) is 11.1. The second-order valence-electron chi connectivity index (χ2n) is 4.91. The molecular formula is C12H17N3O4. The van der Waals surface area contributed by atoms with Crippen LogP contribution in [0, 0.1) is 0 Å². The molecule has 0 aliphatic rings. The van der Waals surface area contributed by atoms with Crippen molar-refractivity contribution in [3.05, 3.63) is 24.3 Å². The van der Waals surface area contributed by atoms with Crippen molar-refractivity contribution in [2.75, 3.05) is 0 Å². The van der Waals surface area contributed by atoms with Gasteiger partial charge < -0.3 is 15.2 Å². The number of carbonyl (C=O) groups excluding carboxylic acids is 1. The van der Waals surface area contributed by atoms with Gasteiger partial charge in [-0.3, -0.25) is 0 Å². The van der Waals surface area contributed by atoms with Crippen LogP contribution < -0.4 is 5.32 Å². The summed E-state index contributed by atoms with van der Waals surface area (Å²) in [6.07, 6.45) is 2.23. The molecule has 1 aromatic rings. The lowest BCUT2D eigenvalue weighted by Gasteiger charge is -2.21. The zero-order valence-corrected chi connectivity index (χ0v) is 11.1. The number of carboxylic acid groups (broad SMARTS) is 1. The van der Waals surface area contributed by atoms with Crippen molar-refractivity contribution < 1.29 is 19.4 Å². The lowest BCUT2D eigenvalue weighted by Crippen LogP contribution is -2.44. The molecule has 0 fully saturated rings. The van der Waals surface area contributed by atoms with Crippen molar-refractivity contribution >= 4 is 12.1 Å². The standard InChI is InChI=1S/C12H17N3O4/c1-12(2,3)19-11(18)15-8(10(16)17)7-9-13-5-4-6-14-9/h4-6,8H,7H2,1-3H3,(H,15,18)(H,16,17)/t8-/m0/s1. The third kappa shape index (κ3) is 5.80. The van der Waals surface area contributed by atoms with E-state index in [1.165, 1.54) is 12.4 Å². The molecule has 0 saturated carbocycles. The predicted octanol–water partition coefficient (Wildman–Crippen LogP) is 0.997. The van der Waals surface area contributed by atoms with Gasteiger partial charge in [0, 0.05) is 18.8 Å². The van der Waals surface area contributed by atoms with Crippen molar-refractivity contribution in [2.45, 2.75) is 38.8 Å². The Kier molecular flexibility index (Phi) is 4.80. The fourth-order valence-electron chi connectivity index (χ4n) is 1.27. The molecule has 0 bridgehead atoms. The summed E-state index contributed by atoms with van der Waals surface area (Å²) in [7, 11) is 0. The fourth-order valence-corrected chi connectivity index (χ4v) is 1.27. The number of hydrogen-bond acceptors (Lipinski definition) is 5. The summed E-state index contributed by atoms with van der Waals surface area (Å²) < 4.78 is 5.00. The largest absolute Gasteiger partial charge is 0.480 e. The van der Waals surface area contributed by atoms with E-state index < -0.39 is 23.7 Å². The van der Waals surface area contributed by atoms with Gasteiger partial charge in [-0.15, -0.1) is 0 Å². The van der Waals surface area contributed by atoms with Crippen LogP contribution >= 0.6 is 0 Å². The Labute approximate surface area is 111 Å². The van der Waals surface area contributed by atoms with Gasteiger partial charge in [0.15, 0.2) is 0 Å². The highest BCUT2D eigenvalue weighted by molar-refractivity contribution is 5.80. The van der Waals surface area contributed by atoms with Gasteiger partial charge in [0.2, 0.25) is 0 Å². The second-order valence-corrected chi connectivity index (χ2v) is 4.91. The molecule has 0 aliphatic heterocycles.